The Hall–Kier alpha value is -2.09. The fourth-order valence-corrected chi connectivity index (χ4v) is 4.11. The molecule has 0 saturated carbocycles. The second kappa shape index (κ2) is 7.50. The molecule has 0 aliphatic carbocycles. The van der Waals surface area contributed by atoms with E-state index >= 15 is 0 Å². The van der Waals surface area contributed by atoms with Crippen LogP contribution in [0.15, 0.2) is 52.0 Å². The number of thiophene rings is 1. The average Bonchev–Trinajstić information content (AvgIpc) is 3.11. The average molecular weight is 386 g/mol. The van der Waals surface area contributed by atoms with Crippen molar-refractivity contribution < 1.29 is 14.7 Å². The summed E-state index contributed by atoms with van der Waals surface area (Å²) < 4.78 is 5.70. The summed E-state index contributed by atoms with van der Waals surface area (Å²) in [4.78, 5) is 12.5. The van der Waals surface area contributed by atoms with Gasteiger partial charge in [0.25, 0.3) is 0 Å². The van der Waals surface area contributed by atoms with E-state index in [9.17, 15) is 10.0 Å². The minimum absolute atomic E-state index is 0.286. The highest BCUT2D eigenvalue weighted by molar-refractivity contribution is 7.13. The highest BCUT2D eigenvalue weighted by atomic mass is 32.1. The maximum absolute atomic E-state index is 12.5. The molecule has 1 saturated heterocycles. The number of rotatable bonds is 4. The summed E-state index contributed by atoms with van der Waals surface area (Å²) >= 11 is 1.51. The monoisotopic (exact) mass is 386 g/mol. The van der Waals surface area contributed by atoms with Crippen LogP contribution in [0.1, 0.15) is 50.9 Å². The molecule has 0 amide bonds. The van der Waals surface area contributed by atoms with Crippen LogP contribution in [-0.4, -0.2) is 28.2 Å². The number of azo groups is 1. The summed E-state index contributed by atoms with van der Waals surface area (Å²) in [5.74, 6) is -0.382. The lowest BCUT2D eigenvalue weighted by Crippen LogP contribution is -2.60. The summed E-state index contributed by atoms with van der Waals surface area (Å²) in [6, 6.07) is 10.6. The lowest BCUT2D eigenvalue weighted by Gasteiger charge is -2.49. The topological polar surface area (TPSA) is 74.2 Å². The molecule has 0 atom stereocenters. The Bertz CT molecular complexity index is 796. The Morgan fingerprint density at radius 2 is 1.70 bits per heavy atom. The minimum atomic E-state index is -0.571. The molecule has 0 spiro atoms. The zero-order chi connectivity index (χ0) is 19.7. The Labute approximate surface area is 163 Å². The number of ether oxygens (including phenoxy) is 1. The molecule has 6 nitrogen and oxygen atoms in total. The quantitative estimate of drug-likeness (QED) is 0.500. The van der Waals surface area contributed by atoms with Crippen molar-refractivity contribution >= 4 is 28.0 Å². The summed E-state index contributed by atoms with van der Waals surface area (Å²) in [5, 5.41) is 24.6. The van der Waals surface area contributed by atoms with Crippen molar-refractivity contribution in [2.45, 2.75) is 57.7 Å². The van der Waals surface area contributed by atoms with E-state index in [2.05, 4.69) is 10.2 Å². The van der Waals surface area contributed by atoms with Crippen LogP contribution in [0.25, 0.3) is 0 Å². The zero-order valence-electron chi connectivity index (χ0n) is 16.0. The van der Waals surface area contributed by atoms with Gasteiger partial charge in [-0.05, 0) is 69.5 Å². The van der Waals surface area contributed by atoms with E-state index in [1.54, 1.807) is 24.3 Å². The fourth-order valence-electron chi connectivity index (χ4n) is 3.57. The predicted octanol–water partition coefficient (Wildman–Crippen LogP) is 5.69. The highest BCUT2D eigenvalue weighted by Gasteiger charge is 2.47. The van der Waals surface area contributed by atoms with E-state index in [0.29, 0.717) is 24.1 Å². The van der Waals surface area contributed by atoms with E-state index in [-0.39, 0.29) is 12.1 Å². The molecule has 1 fully saturated rings. The van der Waals surface area contributed by atoms with Crippen LogP contribution in [0.4, 0.5) is 10.7 Å². The lowest BCUT2D eigenvalue weighted by atomic mass is 9.80. The number of hydroxylamine groups is 2. The molecule has 3 rings (SSSR count). The molecule has 0 unspecified atom stereocenters. The number of hydrogen-bond donors (Lipinski definition) is 0. The summed E-state index contributed by atoms with van der Waals surface area (Å²) in [7, 11) is 0. The van der Waals surface area contributed by atoms with Gasteiger partial charge in [0.05, 0.1) is 11.3 Å². The number of hydrogen-bond acceptors (Lipinski definition) is 6. The van der Waals surface area contributed by atoms with Crippen LogP contribution in [0, 0.1) is 0 Å². The highest BCUT2D eigenvalue weighted by Crippen LogP contribution is 2.38. The first kappa shape index (κ1) is 19.7. The van der Waals surface area contributed by atoms with Gasteiger partial charge in [0.15, 0.2) is 0 Å². The Morgan fingerprint density at radius 3 is 2.26 bits per heavy atom. The minimum Gasteiger partial charge on any atom is -0.459 e. The second-order valence-corrected chi connectivity index (χ2v) is 8.98. The normalized spacial score (nSPS) is 20.0. The van der Waals surface area contributed by atoms with Crippen molar-refractivity contribution in [1.29, 1.82) is 0 Å². The van der Waals surface area contributed by atoms with E-state index < -0.39 is 11.1 Å². The van der Waals surface area contributed by atoms with Crippen LogP contribution in [0.5, 0.6) is 0 Å². The Morgan fingerprint density at radius 1 is 1.07 bits per heavy atom. The summed E-state index contributed by atoms with van der Waals surface area (Å²) in [6.07, 6.45) is 0.739. The van der Waals surface area contributed by atoms with Gasteiger partial charge in [0.1, 0.15) is 11.1 Å². The van der Waals surface area contributed by atoms with Crippen LogP contribution in [0.3, 0.4) is 0 Å². The molecule has 1 radical (unpaired) electrons. The Kier molecular flexibility index (Phi) is 5.46. The summed E-state index contributed by atoms with van der Waals surface area (Å²) in [6.45, 7) is 7.54. The van der Waals surface area contributed by atoms with Gasteiger partial charge in [-0.1, -0.05) is 0 Å². The largest absolute Gasteiger partial charge is 0.459 e. The molecule has 0 bridgehead atoms. The van der Waals surface area contributed by atoms with Gasteiger partial charge >= 0.3 is 5.97 Å². The van der Waals surface area contributed by atoms with E-state index in [0.717, 1.165) is 10.1 Å². The first-order chi connectivity index (χ1) is 12.7. The van der Waals surface area contributed by atoms with Crippen molar-refractivity contribution in [3.8, 4) is 0 Å². The standard InChI is InChI=1S/C20H24N3O3S/c1-19(2)12-16(13-20(3,4)23(19)25)26-18(24)14-7-9-15(10-8-14)21-22-17-6-5-11-27-17/h5-11,16H,12-13H2,1-4H3. The van der Waals surface area contributed by atoms with Gasteiger partial charge in [-0.2, -0.15) is 0 Å². The molecule has 0 N–H and O–H groups in total. The molecule has 1 aliphatic rings. The molecule has 1 aromatic carbocycles. The predicted molar refractivity (Wildman–Crippen MR) is 104 cm³/mol. The third kappa shape index (κ3) is 4.61. The van der Waals surface area contributed by atoms with Crippen molar-refractivity contribution in [1.82, 2.24) is 5.06 Å². The maximum atomic E-state index is 12.5. The van der Waals surface area contributed by atoms with Crippen LogP contribution in [0.2, 0.25) is 0 Å². The van der Waals surface area contributed by atoms with E-state index in [1.807, 2.05) is 45.2 Å². The van der Waals surface area contributed by atoms with Gasteiger partial charge in [-0.3, -0.25) is 0 Å². The number of carbonyl (C=O) groups excluding carboxylic acids is 1. The molecular weight excluding hydrogens is 362 g/mol. The van der Waals surface area contributed by atoms with Gasteiger partial charge in [0.2, 0.25) is 0 Å². The van der Waals surface area contributed by atoms with Crippen LogP contribution < -0.4 is 0 Å². The third-order valence-corrected chi connectivity index (χ3v) is 5.45. The molecule has 27 heavy (non-hydrogen) atoms. The molecule has 1 aromatic heterocycles. The van der Waals surface area contributed by atoms with E-state index in [1.165, 1.54) is 11.3 Å². The number of carbonyl (C=O) groups is 1. The molecular formula is C20H24N3O3S. The molecule has 143 valence electrons. The molecule has 2 aromatic rings. The zero-order valence-corrected chi connectivity index (χ0v) is 16.8. The number of nitrogens with zero attached hydrogens (tertiary/aromatic N) is 3. The third-order valence-electron chi connectivity index (χ3n) is 4.70. The van der Waals surface area contributed by atoms with Gasteiger partial charge < -0.3 is 4.74 Å². The van der Waals surface area contributed by atoms with Crippen molar-refractivity contribution in [2.24, 2.45) is 10.2 Å². The van der Waals surface area contributed by atoms with Crippen LogP contribution >= 0.6 is 11.3 Å². The van der Waals surface area contributed by atoms with Crippen molar-refractivity contribution in [3.63, 3.8) is 0 Å². The molecule has 2 heterocycles. The van der Waals surface area contributed by atoms with E-state index in [4.69, 9.17) is 4.74 Å². The SMILES string of the molecule is CC1(C)CC(OC(=O)c2ccc(N=Nc3cccs3)cc2)CC(C)(C)N1[O]. The first-order valence-electron chi connectivity index (χ1n) is 8.91. The van der Waals surface area contributed by atoms with Gasteiger partial charge in [-0.15, -0.1) is 31.8 Å². The number of esters is 1. The van der Waals surface area contributed by atoms with Crippen molar-refractivity contribution in [2.75, 3.05) is 0 Å². The lowest BCUT2D eigenvalue weighted by molar-refractivity contribution is -0.298. The number of benzene rings is 1. The van der Waals surface area contributed by atoms with Crippen molar-refractivity contribution in [3.05, 3.63) is 47.3 Å². The molecule has 7 heteroatoms. The van der Waals surface area contributed by atoms with Gasteiger partial charge in [-0.25, -0.2) is 4.79 Å². The Balaban J connectivity index is 1.64. The van der Waals surface area contributed by atoms with Crippen LogP contribution in [-0.2, 0) is 9.94 Å². The summed E-state index contributed by atoms with van der Waals surface area (Å²) in [5.41, 5.74) is -0.00982. The smallest absolute Gasteiger partial charge is 0.338 e. The first-order valence-corrected chi connectivity index (χ1v) is 9.79. The second-order valence-electron chi connectivity index (χ2n) is 8.05. The van der Waals surface area contributed by atoms with Gasteiger partial charge in [0, 0.05) is 23.9 Å². The maximum Gasteiger partial charge on any atom is 0.338 e. The number of piperidine rings is 1. The fraction of sp³-hybridized carbons (Fsp3) is 0.450. The molecule has 1 aliphatic heterocycles.